The largest absolute Gasteiger partial charge is 0.465 e. The molecule has 1 aromatic carbocycles. The molecule has 3 heterocycles. The van der Waals surface area contributed by atoms with Gasteiger partial charge >= 0.3 is 12.5 Å². The zero-order valence-electron chi connectivity index (χ0n) is 18.8. The van der Waals surface area contributed by atoms with E-state index in [1.807, 2.05) is 12.1 Å². The van der Waals surface area contributed by atoms with Gasteiger partial charge in [-0.3, -0.25) is 14.7 Å². The lowest BCUT2D eigenvalue weighted by Crippen LogP contribution is -2.51. The van der Waals surface area contributed by atoms with Crippen molar-refractivity contribution in [1.82, 2.24) is 14.8 Å². The van der Waals surface area contributed by atoms with Gasteiger partial charge in [-0.05, 0) is 43.9 Å². The van der Waals surface area contributed by atoms with Crippen LogP contribution in [0, 0.1) is 0 Å². The molecule has 2 amide bonds. The summed E-state index contributed by atoms with van der Waals surface area (Å²) in [5, 5.41) is 9.34. The summed E-state index contributed by atoms with van der Waals surface area (Å²) >= 11 is 0. The van der Waals surface area contributed by atoms with Gasteiger partial charge < -0.3 is 14.7 Å². The van der Waals surface area contributed by atoms with Gasteiger partial charge in [0.25, 0.3) is 5.91 Å². The molecule has 1 N–H and O–H groups in total. The van der Waals surface area contributed by atoms with Gasteiger partial charge in [0.05, 0.1) is 17.8 Å². The van der Waals surface area contributed by atoms with E-state index >= 15 is 0 Å². The van der Waals surface area contributed by atoms with Gasteiger partial charge in [0.2, 0.25) is 0 Å². The van der Waals surface area contributed by atoms with Crippen LogP contribution in [0.1, 0.15) is 50.1 Å². The Kier molecular flexibility index (Phi) is 6.53. The van der Waals surface area contributed by atoms with Crippen molar-refractivity contribution in [3.05, 3.63) is 53.9 Å². The van der Waals surface area contributed by atoms with Crippen molar-refractivity contribution in [1.29, 1.82) is 0 Å². The van der Waals surface area contributed by atoms with Crippen LogP contribution in [0.25, 0.3) is 11.1 Å². The lowest BCUT2D eigenvalue weighted by atomic mass is 9.99. The van der Waals surface area contributed by atoms with E-state index in [0.717, 1.165) is 28.9 Å². The molecule has 0 saturated carbocycles. The van der Waals surface area contributed by atoms with Gasteiger partial charge in [0.1, 0.15) is 18.5 Å². The average molecular weight is 477 g/mol. The van der Waals surface area contributed by atoms with Gasteiger partial charge in [-0.1, -0.05) is 30.3 Å². The summed E-state index contributed by atoms with van der Waals surface area (Å²) in [4.78, 5) is 30.1. The maximum atomic E-state index is 13.9. The molecule has 182 valence electrons. The van der Waals surface area contributed by atoms with Gasteiger partial charge in [0.15, 0.2) is 0 Å². The van der Waals surface area contributed by atoms with E-state index in [4.69, 9.17) is 4.74 Å². The normalized spacial score (nSPS) is 24.1. The van der Waals surface area contributed by atoms with Crippen LogP contribution in [0.2, 0.25) is 0 Å². The Morgan fingerprint density at radius 1 is 1.18 bits per heavy atom. The summed E-state index contributed by atoms with van der Waals surface area (Å²) in [6.45, 7) is 2.40. The number of nitrogens with zero attached hydrogens (tertiary/aromatic N) is 3. The first-order valence-electron chi connectivity index (χ1n) is 11.0. The van der Waals surface area contributed by atoms with Crippen molar-refractivity contribution in [3.63, 3.8) is 0 Å². The van der Waals surface area contributed by atoms with E-state index in [1.54, 1.807) is 30.5 Å². The molecular formula is C24H26F3N3O4. The number of carboxylic acid groups (broad SMARTS) is 1. The van der Waals surface area contributed by atoms with Crippen molar-refractivity contribution >= 4 is 12.0 Å². The Morgan fingerprint density at radius 3 is 2.41 bits per heavy atom. The highest BCUT2D eigenvalue weighted by Crippen LogP contribution is 2.42. The summed E-state index contributed by atoms with van der Waals surface area (Å²) < 4.78 is 45.9. The minimum Gasteiger partial charge on any atom is -0.465 e. The number of pyridine rings is 1. The SMILES string of the molecule is CC1(C)O[C@H](c2ccc(-c3ccc(C4CCCN4C(=O)O)nc3)cc2)[C@@H](CF)N1C(=O)C(F)F. The number of alkyl halides is 3. The molecule has 7 nitrogen and oxygen atoms in total. The van der Waals surface area contributed by atoms with Crippen LogP contribution < -0.4 is 0 Å². The number of carbonyl (C=O) groups is 2. The van der Waals surface area contributed by atoms with Crippen LogP contribution in [0.5, 0.6) is 0 Å². The summed E-state index contributed by atoms with van der Waals surface area (Å²) in [7, 11) is 0. The Labute approximate surface area is 195 Å². The van der Waals surface area contributed by atoms with Gasteiger partial charge in [-0.2, -0.15) is 8.78 Å². The first-order chi connectivity index (χ1) is 16.1. The maximum Gasteiger partial charge on any atom is 0.407 e. The Hall–Kier alpha value is -3.14. The van der Waals surface area contributed by atoms with E-state index in [9.17, 15) is 27.9 Å². The monoisotopic (exact) mass is 477 g/mol. The molecule has 0 bridgehead atoms. The number of aromatic nitrogens is 1. The predicted octanol–water partition coefficient (Wildman–Crippen LogP) is 4.80. The second-order valence-corrected chi connectivity index (χ2v) is 8.94. The highest BCUT2D eigenvalue weighted by molar-refractivity contribution is 5.80. The topological polar surface area (TPSA) is 83.0 Å². The number of amides is 2. The maximum absolute atomic E-state index is 13.9. The molecular weight excluding hydrogens is 451 g/mol. The summed E-state index contributed by atoms with van der Waals surface area (Å²) in [6, 6.07) is 9.25. The third-order valence-electron chi connectivity index (χ3n) is 6.46. The minimum atomic E-state index is -3.25. The molecule has 2 fully saturated rings. The molecule has 2 saturated heterocycles. The molecule has 2 aliphatic heterocycles. The van der Waals surface area contributed by atoms with Gasteiger partial charge in [0, 0.05) is 18.3 Å². The minimum absolute atomic E-state index is 0.256. The van der Waals surface area contributed by atoms with Gasteiger partial charge in [-0.25, -0.2) is 9.18 Å². The molecule has 2 aliphatic rings. The molecule has 3 atom stereocenters. The Morgan fingerprint density at radius 2 is 1.85 bits per heavy atom. The van der Waals surface area contributed by atoms with Crippen molar-refractivity contribution in [3.8, 4) is 11.1 Å². The number of likely N-dealkylation sites (tertiary alicyclic amines) is 1. The summed E-state index contributed by atoms with van der Waals surface area (Å²) in [5.41, 5.74) is 1.50. The quantitative estimate of drug-likeness (QED) is 0.669. The zero-order valence-corrected chi connectivity index (χ0v) is 18.8. The number of carbonyl (C=O) groups excluding carboxylic acids is 1. The fourth-order valence-corrected chi connectivity index (χ4v) is 4.90. The van der Waals surface area contributed by atoms with Crippen molar-refractivity contribution in [2.45, 2.75) is 57.0 Å². The van der Waals surface area contributed by atoms with Crippen LogP contribution >= 0.6 is 0 Å². The summed E-state index contributed by atoms with van der Waals surface area (Å²) in [6.07, 6.45) is -1.90. The molecule has 10 heteroatoms. The molecule has 2 aromatic rings. The predicted molar refractivity (Wildman–Crippen MR) is 117 cm³/mol. The molecule has 1 aromatic heterocycles. The van der Waals surface area contributed by atoms with Crippen LogP contribution in [0.3, 0.4) is 0 Å². The van der Waals surface area contributed by atoms with Crippen molar-refractivity contribution < 1.29 is 32.6 Å². The molecule has 34 heavy (non-hydrogen) atoms. The lowest BCUT2D eigenvalue weighted by molar-refractivity contribution is -0.159. The van der Waals surface area contributed by atoms with E-state index in [-0.39, 0.29) is 6.04 Å². The number of hydrogen-bond acceptors (Lipinski definition) is 4. The van der Waals surface area contributed by atoms with Crippen molar-refractivity contribution in [2.75, 3.05) is 13.2 Å². The highest BCUT2D eigenvalue weighted by atomic mass is 19.3. The fraction of sp³-hybridized carbons (Fsp3) is 0.458. The molecule has 0 aliphatic carbocycles. The standard InChI is InChI=1S/C24H26F3N3O4/c1-24(2)30(22(31)21(26)27)19(12-25)20(34-24)15-7-5-14(6-8-15)16-9-10-17(28-13-16)18-4-3-11-29(18)23(32)33/h5-10,13,18-21H,3-4,11-12H2,1-2H3,(H,32,33)/t18?,19-,20-/m1/s1. The Balaban J connectivity index is 1.53. The first kappa shape index (κ1) is 24.0. The third kappa shape index (κ3) is 4.34. The number of benzene rings is 1. The lowest BCUT2D eigenvalue weighted by Gasteiger charge is -2.32. The number of ether oxygens (including phenoxy) is 1. The smallest absolute Gasteiger partial charge is 0.407 e. The second-order valence-electron chi connectivity index (χ2n) is 8.94. The zero-order chi connectivity index (χ0) is 24.6. The Bertz CT molecular complexity index is 1050. The van der Waals surface area contributed by atoms with Crippen LogP contribution in [-0.2, 0) is 9.53 Å². The second kappa shape index (κ2) is 9.25. The number of halogens is 3. The van der Waals surface area contributed by atoms with Crippen LogP contribution in [0.15, 0.2) is 42.6 Å². The van der Waals surface area contributed by atoms with Gasteiger partial charge in [-0.15, -0.1) is 0 Å². The van der Waals surface area contributed by atoms with Crippen LogP contribution in [-0.4, -0.2) is 63.3 Å². The molecule has 0 radical (unpaired) electrons. The summed E-state index contributed by atoms with van der Waals surface area (Å²) in [5.74, 6) is -1.46. The van der Waals surface area contributed by atoms with E-state index in [0.29, 0.717) is 17.8 Å². The first-order valence-corrected chi connectivity index (χ1v) is 11.0. The molecule has 1 unspecified atom stereocenters. The average Bonchev–Trinajstić information content (AvgIpc) is 3.41. The van der Waals surface area contributed by atoms with E-state index in [2.05, 4.69) is 4.98 Å². The van der Waals surface area contributed by atoms with E-state index < -0.39 is 43.0 Å². The van der Waals surface area contributed by atoms with Crippen molar-refractivity contribution in [2.24, 2.45) is 0 Å². The molecule has 0 spiro atoms. The van der Waals surface area contributed by atoms with Crippen LogP contribution in [0.4, 0.5) is 18.0 Å². The third-order valence-corrected chi connectivity index (χ3v) is 6.46. The molecule has 4 rings (SSSR count). The number of hydrogen-bond donors (Lipinski definition) is 1. The number of rotatable bonds is 5. The highest BCUT2D eigenvalue weighted by Gasteiger charge is 2.52. The fourth-order valence-electron chi connectivity index (χ4n) is 4.90. The van der Waals surface area contributed by atoms with E-state index in [1.165, 1.54) is 18.7 Å².